The van der Waals surface area contributed by atoms with Gasteiger partial charge in [0.05, 0.1) is 49.9 Å². The molecule has 4 aromatic rings. The van der Waals surface area contributed by atoms with Crippen LogP contribution in [0.15, 0.2) is 95.1 Å². The van der Waals surface area contributed by atoms with Gasteiger partial charge in [-0.05, 0) is 55.0 Å². The summed E-state index contributed by atoms with van der Waals surface area (Å²) in [5, 5.41) is 6.58. The van der Waals surface area contributed by atoms with Crippen LogP contribution in [-0.2, 0) is 11.3 Å². The quantitative estimate of drug-likeness (QED) is 0.185. The molecule has 0 radical (unpaired) electrons. The van der Waals surface area contributed by atoms with E-state index in [0.717, 1.165) is 16.7 Å². The lowest BCUT2D eigenvalue weighted by atomic mass is 9.91. The Morgan fingerprint density at radius 1 is 1.06 bits per heavy atom. The number of amides is 1. The number of nitrogens with zero attached hydrogens (tertiary/aromatic N) is 3. The minimum Gasteiger partial charge on any atom is -0.496 e. The van der Waals surface area contributed by atoms with Crippen LogP contribution in [0.4, 0.5) is 21.7 Å². The van der Waals surface area contributed by atoms with E-state index in [4.69, 9.17) is 36.8 Å². The van der Waals surface area contributed by atoms with Gasteiger partial charge in [-0.2, -0.15) is 0 Å². The summed E-state index contributed by atoms with van der Waals surface area (Å²) >= 11 is 6.43. The fourth-order valence-corrected chi connectivity index (χ4v) is 5.60. The van der Waals surface area contributed by atoms with Crippen molar-refractivity contribution in [3.05, 3.63) is 117 Å². The topological polar surface area (TPSA) is 124 Å². The normalized spacial score (nSPS) is 13.6. The molecule has 236 valence electrons. The molecule has 0 unspecified atom stereocenters. The number of hydrogen-bond donors (Lipinski definition) is 3. The van der Waals surface area contributed by atoms with E-state index in [9.17, 15) is 4.79 Å². The third-order valence-corrected chi connectivity index (χ3v) is 7.82. The van der Waals surface area contributed by atoms with Gasteiger partial charge in [0.2, 0.25) is 5.95 Å². The first-order valence-electron chi connectivity index (χ1n) is 14.8. The first kappa shape index (κ1) is 31.5. The zero-order valence-corrected chi connectivity index (χ0v) is 26.4. The number of benzene rings is 3. The number of anilines is 3. The maximum absolute atomic E-state index is 15.3. The van der Waals surface area contributed by atoms with Crippen LogP contribution in [0.3, 0.4) is 0 Å². The molecule has 0 saturated carbocycles. The number of carbonyl (C=O) groups excluding carboxylic acids is 1. The Morgan fingerprint density at radius 3 is 2.74 bits per heavy atom. The van der Waals surface area contributed by atoms with Gasteiger partial charge in [-0.25, -0.2) is 14.4 Å². The van der Waals surface area contributed by atoms with Gasteiger partial charge in [0, 0.05) is 57.3 Å². The van der Waals surface area contributed by atoms with Gasteiger partial charge in [-0.1, -0.05) is 35.6 Å². The van der Waals surface area contributed by atoms with Crippen LogP contribution >= 0.6 is 11.6 Å². The number of rotatable bonds is 7. The number of ether oxygens (including phenoxy) is 2. The number of nitrogens with one attached hydrogen (secondary N) is 2. The lowest BCUT2D eigenvalue weighted by molar-refractivity contribution is 0.102. The molecule has 0 atom stereocenters. The number of aliphatic imine (C=N–C) groups is 1. The molecule has 0 spiro atoms. The van der Waals surface area contributed by atoms with Crippen molar-refractivity contribution in [3.8, 4) is 28.8 Å². The van der Waals surface area contributed by atoms with Crippen LogP contribution in [0.25, 0.3) is 11.3 Å². The zero-order valence-electron chi connectivity index (χ0n) is 25.7. The zero-order chi connectivity index (χ0) is 32.9. The summed E-state index contributed by atoms with van der Waals surface area (Å²) in [6, 6.07) is 17.7. The first-order chi connectivity index (χ1) is 22.9. The van der Waals surface area contributed by atoms with Gasteiger partial charge >= 0.3 is 0 Å². The Hall–Kier alpha value is -5.50. The van der Waals surface area contributed by atoms with Gasteiger partial charge in [0.25, 0.3) is 5.91 Å². The Labute approximate surface area is 276 Å². The molecule has 1 aliphatic heterocycles. The Balaban J connectivity index is 1.28. The molecule has 11 heteroatoms. The summed E-state index contributed by atoms with van der Waals surface area (Å²) in [7, 11) is 3.01. The summed E-state index contributed by atoms with van der Waals surface area (Å²) in [6.45, 7) is 0.473. The van der Waals surface area contributed by atoms with E-state index in [2.05, 4.69) is 27.5 Å². The monoisotopic (exact) mass is 648 g/mol. The van der Waals surface area contributed by atoms with Gasteiger partial charge in [0.15, 0.2) is 0 Å². The predicted octanol–water partition coefficient (Wildman–Crippen LogP) is 6.96. The fourth-order valence-electron chi connectivity index (χ4n) is 5.43. The van der Waals surface area contributed by atoms with E-state index in [0.29, 0.717) is 68.4 Å². The standard InChI is InChI=1S/C36H30ClFN6O3/c1-46-30-10-4-9-29(38)32(30)34-28-17-23(37)11-13-26(28)33-22(19-40-34)20-41-36(44-33)43-25-12-14-27(31(18-25)47-2)35(45)42-24-8-3-6-21(16-24)7-5-15-39/h3,6,8,10-14,16-18,20H,4,9,15,19,39H2,1-2H3,(H,42,45)(H,41,43,44). The number of carbonyl (C=O) groups is 1. The average Bonchev–Trinajstić information content (AvgIpc) is 3.23. The maximum atomic E-state index is 15.3. The Bertz CT molecular complexity index is 2050. The van der Waals surface area contributed by atoms with Gasteiger partial charge in [0.1, 0.15) is 17.3 Å². The molecule has 0 saturated heterocycles. The number of allylic oxidation sites excluding steroid dienone is 3. The van der Waals surface area contributed by atoms with E-state index in [1.165, 1.54) is 14.2 Å². The SMILES string of the molecule is COC1=CCCC(F)=C1C1=NCc2cnc(Nc3ccc(C(=O)Nc4cccc(C#CCN)c4)c(OC)c3)nc2-c2ccc(Cl)cc21. The van der Waals surface area contributed by atoms with E-state index >= 15 is 4.39 Å². The summed E-state index contributed by atoms with van der Waals surface area (Å²) in [6.07, 6.45) is 4.37. The highest BCUT2D eigenvalue weighted by atomic mass is 35.5. The third-order valence-electron chi connectivity index (χ3n) is 7.59. The van der Waals surface area contributed by atoms with Crippen LogP contribution in [0.5, 0.6) is 5.75 Å². The van der Waals surface area contributed by atoms with Gasteiger partial charge < -0.3 is 25.8 Å². The molecule has 4 N–H and O–H groups in total. The Kier molecular flexibility index (Phi) is 9.29. The molecular formula is C36H30ClFN6O3. The van der Waals surface area contributed by atoms with Gasteiger partial charge in [-0.3, -0.25) is 9.79 Å². The smallest absolute Gasteiger partial charge is 0.259 e. The van der Waals surface area contributed by atoms with Crippen LogP contribution in [0, 0.1) is 11.8 Å². The molecule has 1 amide bonds. The minimum absolute atomic E-state index is 0.227. The molecule has 2 aliphatic rings. The van der Waals surface area contributed by atoms with Crippen molar-refractivity contribution in [3.63, 3.8) is 0 Å². The molecule has 47 heavy (non-hydrogen) atoms. The minimum atomic E-state index is -0.347. The number of aromatic nitrogens is 2. The van der Waals surface area contributed by atoms with Crippen molar-refractivity contribution in [2.45, 2.75) is 19.4 Å². The maximum Gasteiger partial charge on any atom is 0.259 e. The second-order valence-corrected chi connectivity index (χ2v) is 11.0. The number of nitrogens with two attached hydrogens (primary N) is 1. The average molecular weight is 649 g/mol. The molecule has 9 nitrogen and oxygen atoms in total. The molecule has 0 fully saturated rings. The lowest BCUT2D eigenvalue weighted by Crippen LogP contribution is -2.14. The molecule has 0 bridgehead atoms. The highest BCUT2D eigenvalue weighted by molar-refractivity contribution is 6.31. The molecular weight excluding hydrogens is 619 g/mol. The van der Waals surface area contributed by atoms with Crippen molar-refractivity contribution in [1.29, 1.82) is 0 Å². The summed E-state index contributed by atoms with van der Waals surface area (Å²) in [5.74, 6) is 6.23. The molecule has 3 aromatic carbocycles. The second-order valence-electron chi connectivity index (χ2n) is 10.6. The number of hydrogen-bond acceptors (Lipinski definition) is 8. The Morgan fingerprint density at radius 2 is 1.94 bits per heavy atom. The number of fused-ring (bicyclic) bond motifs is 3. The summed E-state index contributed by atoms with van der Waals surface area (Å²) < 4.78 is 26.4. The highest BCUT2D eigenvalue weighted by Gasteiger charge is 2.28. The highest BCUT2D eigenvalue weighted by Crippen LogP contribution is 2.38. The van der Waals surface area contributed by atoms with Crippen molar-refractivity contribution in [2.24, 2.45) is 10.7 Å². The van der Waals surface area contributed by atoms with Crippen molar-refractivity contribution in [1.82, 2.24) is 9.97 Å². The van der Waals surface area contributed by atoms with Crippen LogP contribution in [0.2, 0.25) is 5.02 Å². The van der Waals surface area contributed by atoms with E-state index < -0.39 is 0 Å². The van der Waals surface area contributed by atoms with Crippen LogP contribution in [-0.4, -0.2) is 42.4 Å². The van der Waals surface area contributed by atoms with Crippen LogP contribution < -0.4 is 21.1 Å². The molecule has 2 heterocycles. The van der Waals surface area contributed by atoms with Crippen LogP contribution in [0.1, 0.15) is 39.9 Å². The third kappa shape index (κ3) is 6.72. The van der Waals surface area contributed by atoms with E-state index in [-0.39, 0.29) is 31.2 Å². The van der Waals surface area contributed by atoms with Crippen molar-refractivity contribution >= 4 is 40.5 Å². The number of halogens is 2. The summed E-state index contributed by atoms with van der Waals surface area (Å²) in [4.78, 5) is 27.3. The largest absolute Gasteiger partial charge is 0.496 e. The fraction of sp³-hybridized carbons (Fsp3) is 0.167. The predicted molar refractivity (Wildman–Crippen MR) is 182 cm³/mol. The molecule has 6 rings (SSSR count). The molecule has 1 aromatic heterocycles. The summed E-state index contributed by atoms with van der Waals surface area (Å²) in [5.41, 5.74) is 11.3. The van der Waals surface area contributed by atoms with Crippen molar-refractivity contribution in [2.75, 3.05) is 31.4 Å². The van der Waals surface area contributed by atoms with E-state index in [1.54, 1.807) is 54.7 Å². The first-order valence-corrected chi connectivity index (χ1v) is 15.2. The number of methoxy groups -OCH3 is 2. The van der Waals surface area contributed by atoms with Crippen molar-refractivity contribution < 1.29 is 18.7 Å². The second kappa shape index (κ2) is 13.9. The lowest BCUT2D eigenvalue weighted by Gasteiger charge is -2.19. The van der Waals surface area contributed by atoms with E-state index in [1.807, 2.05) is 18.2 Å². The molecule has 1 aliphatic carbocycles. The van der Waals surface area contributed by atoms with Gasteiger partial charge in [-0.15, -0.1) is 0 Å².